The van der Waals surface area contributed by atoms with Crippen LogP contribution in [-0.4, -0.2) is 75.8 Å². The lowest BCUT2D eigenvalue weighted by molar-refractivity contribution is -0.303. The van der Waals surface area contributed by atoms with E-state index in [2.05, 4.69) is 25.3 Å². The van der Waals surface area contributed by atoms with Gasteiger partial charge in [0, 0.05) is 35.3 Å². The molecule has 2 aliphatic rings. The maximum absolute atomic E-state index is 13.5. The van der Waals surface area contributed by atoms with Crippen LogP contribution >= 0.6 is 0 Å². The van der Waals surface area contributed by atoms with E-state index >= 15 is 0 Å². The fourth-order valence-corrected chi connectivity index (χ4v) is 6.35. The number of pyridine rings is 1. The van der Waals surface area contributed by atoms with Gasteiger partial charge in [0.25, 0.3) is 11.4 Å². The second kappa shape index (κ2) is 10.1. The van der Waals surface area contributed by atoms with Crippen molar-refractivity contribution in [1.82, 2.24) is 39.7 Å². The Balaban J connectivity index is 1.38. The van der Waals surface area contributed by atoms with Crippen LogP contribution in [0.1, 0.15) is 70.9 Å². The van der Waals surface area contributed by atoms with Crippen LogP contribution < -0.4 is 17.2 Å². The van der Waals surface area contributed by atoms with Gasteiger partial charge in [-0.2, -0.15) is 40.9 Å². The van der Waals surface area contributed by atoms with Crippen LogP contribution in [0.2, 0.25) is 0 Å². The number of H-pyrrole nitrogens is 1. The number of Topliss-reactive ketones (excluding diaryl/α,β-unsaturated/α-hetero) is 1. The summed E-state index contributed by atoms with van der Waals surface area (Å²) in [6.07, 6.45) is -7.43. The lowest BCUT2D eigenvalue weighted by Crippen LogP contribution is -2.61. The van der Waals surface area contributed by atoms with Crippen molar-refractivity contribution >= 4 is 29.1 Å². The number of hydrogen-bond acceptors (Lipinski definition) is 10. The van der Waals surface area contributed by atoms with Crippen LogP contribution in [0.15, 0.2) is 24.5 Å². The Bertz CT molecular complexity index is 1790. The number of nitrogens with zero attached hydrogens (tertiary/aromatic N) is 7. The van der Waals surface area contributed by atoms with Gasteiger partial charge in [0.05, 0.1) is 23.1 Å². The van der Waals surface area contributed by atoms with E-state index in [0.717, 1.165) is 12.3 Å². The number of aromatic nitrogens is 7. The summed E-state index contributed by atoms with van der Waals surface area (Å²) in [5, 5.41) is 10.4. The summed E-state index contributed by atoms with van der Waals surface area (Å²) in [7, 11) is 0. The van der Waals surface area contributed by atoms with Crippen LogP contribution in [0.25, 0.3) is 16.8 Å². The molecule has 6 rings (SSSR count). The highest BCUT2D eigenvalue weighted by atomic mass is 19.4. The molecule has 19 heteroatoms. The third-order valence-corrected chi connectivity index (χ3v) is 8.50. The van der Waals surface area contributed by atoms with Crippen LogP contribution in [0.3, 0.4) is 0 Å². The van der Waals surface area contributed by atoms with Gasteiger partial charge in [-0.05, 0) is 38.7 Å². The average molecular weight is 638 g/mol. The van der Waals surface area contributed by atoms with Crippen LogP contribution in [0.5, 0.6) is 0 Å². The molecule has 0 aliphatic carbocycles. The number of hydrogen-bond donors (Lipinski definition) is 4. The summed E-state index contributed by atoms with van der Waals surface area (Å²) in [4.78, 5) is 39.8. The van der Waals surface area contributed by atoms with Gasteiger partial charge >= 0.3 is 12.4 Å². The van der Waals surface area contributed by atoms with E-state index in [4.69, 9.17) is 22.2 Å². The van der Waals surface area contributed by atoms with E-state index < -0.39 is 23.6 Å². The normalized spacial score (nSPS) is 20.6. The number of alkyl halides is 6. The minimum atomic E-state index is -5.88. The summed E-state index contributed by atoms with van der Waals surface area (Å²) in [5.41, 5.74) is 11.5. The van der Waals surface area contributed by atoms with Gasteiger partial charge in [-0.25, -0.2) is 4.98 Å². The molecule has 7 N–H and O–H groups in total. The second-order valence-electron chi connectivity index (χ2n) is 11.2. The molecule has 2 saturated heterocycles. The van der Waals surface area contributed by atoms with E-state index in [1.807, 2.05) is 0 Å². The summed E-state index contributed by atoms with van der Waals surface area (Å²) < 4.78 is 82.0. The van der Waals surface area contributed by atoms with Crippen molar-refractivity contribution in [3.05, 3.63) is 47.3 Å². The highest BCUT2D eigenvalue weighted by molar-refractivity contribution is 6.00. The van der Waals surface area contributed by atoms with Gasteiger partial charge in [0.15, 0.2) is 11.4 Å². The van der Waals surface area contributed by atoms with E-state index in [9.17, 15) is 35.9 Å². The monoisotopic (exact) mass is 637 g/mol. The number of aromatic amines is 1. The van der Waals surface area contributed by atoms with Crippen LogP contribution in [0, 0.1) is 0 Å². The van der Waals surface area contributed by atoms with Crippen molar-refractivity contribution in [1.29, 1.82) is 0 Å². The molecule has 0 spiro atoms. The van der Waals surface area contributed by atoms with Crippen molar-refractivity contribution in [2.45, 2.75) is 68.5 Å². The molecule has 0 aromatic carbocycles. The lowest BCUT2D eigenvalue weighted by Gasteiger charge is -2.38. The molecule has 1 amide bonds. The second-order valence-corrected chi connectivity index (χ2v) is 11.2. The molecule has 4 aromatic rings. The van der Waals surface area contributed by atoms with Crippen molar-refractivity contribution < 1.29 is 35.9 Å². The first-order valence-corrected chi connectivity index (χ1v) is 13.6. The molecule has 13 nitrogen and oxygen atoms in total. The topological polar surface area (TPSA) is 200 Å². The number of nitrogen functional groups attached to an aromatic ring is 2. The quantitative estimate of drug-likeness (QED) is 0.186. The van der Waals surface area contributed by atoms with E-state index in [-0.39, 0.29) is 69.6 Å². The largest absolute Gasteiger partial charge is 0.421 e. The third kappa shape index (κ3) is 4.63. The van der Waals surface area contributed by atoms with E-state index in [1.54, 1.807) is 4.90 Å². The number of carbonyl (C=O) groups is 2. The first kappa shape index (κ1) is 30.2. The zero-order valence-corrected chi connectivity index (χ0v) is 23.3. The molecule has 6 heterocycles. The Morgan fingerprint density at radius 1 is 0.978 bits per heavy atom. The van der Waals surface area contributed by atoms with E-state index in [0.29, 0.717) is 37.4 Å². The van der Waals surface area contributed by atoms with E-state index in [1.165, 1.54) is 17.6 Å². The van der Waals surface area contributed by atoms with Gasteiger partial charge in [-0.1, -0.05) is 6.07 Å². The molecule has 1 unspecified atom stereocenters. The molecule has 3 atom stereocenters. The van der Waals surface area contributed by atoms with Gasteiger partial charge < -0.3 is 22.1 Å². The molecule has 0 saturated carbocycles. The van der Waals surface area contributed by atoms with Gasteiger partial charge in [-0.3, -0.25) is 19.7 Å². The molecular formula is C26H25F6N11O2. The molecule has 2 bridgehead atoms. The van der Waals surface area contributed by atoms with Gasteiger partial charge in [0.1, 0.15) is 5.82 Å². The third-order valence-electron chi connectivity index (χ3n) is 8.50. The number of halogens is 6. The number of anilines is 2. The predicted octanol–water partition coefficient (Wildman–Crippen LogP) is 3.11. The molecule has 2 fully saturated rings. The predicted molar refractivity (Wildman–Crippen MR) is 144 cm³/mol. The Kier molecular flexibility index (Phi) is 6.79. The summed E-state index contributed by atoms with van der Waals surface area (Å²) in [6, 6.07) is 1.11. The zero-order chi connectivity index (χ0) is 32.6. The Morgan fingerprint density at radius 3 is 2.13 bits per heavy atom. The van der Waals surface area contributed by atoms with Crippen molar-refractivity contribution in [3.63, 3.8) is 0 Å². The van der Waals surface area contributed by atoms with Crippen molar-refractivity contribution in [3.8, 4) is 11.1 Å². The number of nitrogens with two attached hydrogens (primary N) is 3. The highest BCUT2D eigenvalue weighted by Crippen LogP contribution is 2.48. The number of fused-ring (bicyclic) bond motifs is 3. The molecule has 45 heavy (non-hydrogen) atoms. The molecular weight excluding hydrogens is 612 g/mol. The fraction of sp³-hybridized carbons (Fsp3) is 0.423. The maximum Gasteiger partial charge on any atom is 0.421 e. The number of piperidine rings is 1. The van der Waals surface area contributed by atoms with Gasteiger partial charge in [-0.15, -0.1) is 5.10 Å². The van der Waals surface area contributed by atoms with Crippen LogP contribution in [-0.2, 0) is 5.54 Å². The zero-order valence-electron chi connectivity index (χ0n) is 23.3. The molecule has 0 radical (unpaired) electrons. The number of carbonyl (C=O) groups excluding carboxylic acids is 2. The Morgan fingerprint density at radius 2 is 1.62 bits per heavy atom. The SMILES string of the molecule is CC(=O)c1c(C2C[C@H]3CC[C@@H](C2)N3C(=O)c2nc(N)n[nH]2)nc2c(-c3ccc(C(N)(C(F)(F)F)C(F)(F)F)nc3)cnn2c1N. The minimum Gasteiger partial charge on any atom is -0.383 e. The summed E-state index contributed by atoms with van der Waals surface area (Å²) in [5.74, 6) is -1.16. The average Bonchev–Trinajstić information content (AvgIpc) is 3.66. The standard InChI is InChI=1S/C26H25F6N11O2/c1-10(44)17-18(12-6-13-3-4-14(7-12)42(13)22(45)20-39-23(34)41-40-20)38-21-15(9-37-43(21)19(17)33)11-2-5-16(36-8-11)24(35,25(27,28)29)26(30,31)32/h2,5,8-9,12-14H,3-4,6-7,33,35H2,1H3,(H3,34,39,40,41)/t12?,13-,14+. The first-order chi connectivity index (χ1) is 21.0. The lowest BCUT2D eigenvalue weighted by atomic mass is 9.85. The number of amides is 1. The summed E-state index contributed by atoms with van der Waals surface area (Å²) in [6.45, 7) is 1.32. The fourth-order valence-electron chi connectivity index (χ4n) is 6.35. The molecule has 4 aromatic heterocycles. The highest BCUT2D eigenvalue weighted by Gasteiger charge is 2.70. The first-order valence-electron chi connectivity index (χ1n) is 13.6. The van der Waals surface area contributed by atoms with Crippen LogP contribution in [0.4, 0.5) is 38.1 Å². The summed E-state index contributed by atoms with van der Waals surface area (Å²) >= 11 is 0. The number of ketones is 1. The smallest absolute Gasteiger partial charge is 0.383 e. The molecule has 238 valence electrons. The maximum atomic E-state index is 13.5. The molecule has 2 aliphatic heterocycles. The Hall–Kier alpha value is -4.81. The van der Waals surface area contributed by atoms with Crippen molar-refractivity contribution in [2.24, 2.45) is 5.73 Å². The minimum absolute atomic E-state index is 0.0111. The van der Waals surface area contributed by atoms with Crippen molar-refractivity contribution in [2.75, 3.05) is 11.5 Å². The van der Waals surface area contributed by atoms with Gasteiger partial charge in [0.2, 0.25) is 11.8 Å². The number of rotatable bonds is 5. The number of nitrogens with one attached hydrogen (secondary N) is 1. The Labute approximate surface area is 249 Å².